The molecular formula is C24H27NO5S. The number of nitrogens with zero attached hydrogens (tertiary/aromatic N) is 1. The third-order valence-corrected chi connectivity index (χ3v) is 6.84. The van der Waals surface area contributed by atoms with Crippen LogP contribution in [0.2, 0.25) is 0 Å². The van der Waals surface area contributed by atoms with E-state index in [4.69, 9.17) is 9.47 Å². The molecule has 31 heavy (non-hydrogen) atoms. The molecule has 0 aromatic heterocycles. The highest BCUT2D eigenvalue weighted by atomic mass is 32.2. The highest BCUT2D eigenvalue weighted by Gasteiger charge is 2.34. The molecule has 1 atom stereocenters. The van der Waals surface area contributed by atoms with Crippen molar-refractivity contribution in [3.63, 3.8) is 0 Å². The Bertz CT molecular complexity index is 1050. The maximum atomic E-state index is 13.1. The summed E-state index contributed by atoms with van der Waals surface area (Å²) < 4.78 is 34.9. The molecule has 3 rings (SSSR count). The average molecular weight is 442 g/mol. The van der Waals surface area contributed by atoms with Crippen LogP contribution in [0.25, 0.3) is 6.08 Å². The fourth-order valence-corrected chi connectivity index (χ4v) is 5.24. The van der Waals surface area contributed by atoms with Crippen LogP contribution in [0.3, 0.4) is 0 Å². The van der Waals surface area contributed by atoms with Gasteiger partial charge in [-0.1, -0.05) is 49.1 Å². The minimum atomic E-state index is -3.11. The van der Waals surface area contributed by atoms with Gasteiger partial charge in [-0.25, -0.2) is 8.42 Å². The molecule has 0 N–H and O–H groups in total. The van der Waals surface area contributed by atoms with Crippen LogP contribution in [-0.4, -0.2) is 50.5 Å². The Morgan fingerprint density at radius 3 is 2.61 bits per heavy atom. The molecule has 7 heteroatoms. The lowest BCUT2D eigenvalue weighted by molar-refractivity contribution is -0.128. The van der Waals surface area contributed by atoms with Gasteiger partial charge in [0, 0.05) is 18.7 Å². The van der Waals surface area contributed by atoms with Crippen LogP contribution >= 0.6 is 0 Å². The summed E-state index contributed by atoms with van der Waals surface area (Å²) in [7, 11) is -1.56. The zero-order valence-electron chi connectivity index (χ0n) is 17.6. The zero-order chi connectivity index (χ0) is 22.3. The predicted molar refractivity (Wildman–Crippen MR) is 122 cm³/mol. The summed E-state index contributed by atoms with van der Waals surface area (Å²) in [4.78, 5) is 14.7. The highest BCUT2D eigenvalue weighted by Crippen LogP contribution is 2.29. The topological polar surface area (TPSA) is 72.9 Å². The highest BCUT2D eigenvalue weighted by molar-refractivity contribution is 7.91. The first-order chi connectivity index (χ1) is 14.9. The maximum absolute atomic E-state index is 13.1. The molecule has 1 aliphatic heterocycles. The zero-order valence-corrected chi connectivity index (χ0v) is 18.4. The van der Waals surface area contributed by atoms with Crippen LogP contribution in [-0.2, 0) is 21.2 Å². The number of ether oxygens (including phenoxy) is 2. The van der Waals surface area contributed by atoms with Crippen LogP contribution in [0.1, 0.15) is 17.5 Å². The molecule has 1 aliphatic rings. The Morgan fingerprint density at radius 2 is 1.97 bits per heavy atom. The number of sulfone groups is 1. The molecule has 164 valence electrons. The first-order valence-electron chi connectivity index (χ1n) is 10.1. The molecule has 1 fully saturated rings. The first kappa shape index (κ1) is 22.6. The molecule has 0 bridgehead atoms. The molecule has 1 heterocycles. The summed E-state index contributed by atoms with van der Waals surface area (Å²) in [6.45, 7) is 4.36. The van der Waals surface area contributed by atoms with E-state index < -0.39 is 9.84 Å². The predicted octanol–water partition coefficient (Wildman–Crippen LogP) is 3.49. The van der Waals surface area contributed by atoms with Crippen LogP contribution in [0.5, 0.6) is 11.5 Å². The van der Waals surface area contributed by atoms with E-state index in [1.54, 1.807) is 36.3 Å². The first-order valence-corrected chi connectivity index (χ1v) is 11.9. The van der Waals surface area contributed by atoms with Gasteiger partial charge < -0.3 is 14.4 Å². The summed E-state index contributed by atoms with van der Waals surface area (Å²) in [5.41, 5.74) is 1.73. The van der Waals surface area contributed by atoms with E-state index in [1.807, 2.05) is 36.4 Å². The SMILES string of the molecule is C=CCOc1ccc(C=CC(=O)N(Cc2ccccc2)C2CCS(=O)(=O)C2)cc1OC. The Labute approximate surface area is 183 Å². The minimum absolute atomic E-state index is 0.00256. The van der Waals surface area contributed by atoms with E-state index in [-0.39, 0.29) is 23.5 Å². The van der Waals surface area contributed by atoms with Gasteiger partial charge in [0.1, 0.15) is 6.61 Å². The van der Waals surface area contributed by atoms with Crippen molar-refractivity contribution in [2.75, 3.05) is 25.2 Å². The quantitative estimate of drug-likeness (QED) is 0.440. The van der Waals surface area contributed by atoms with Crippen molar-refractivity contribution in [1.29, 1.82) is 0 Å². The summed E-state index contributed by atoms with van der Waals surface area (Å²) in [6, 6.07) is 14.6. The fraction of sp³-hybridized carbons (Fsp3) is 0.292. The number of rotatable bonds is 9. The maximum Gasteiger partial charge on any atom is 0.247 e. The van der Waals surface area contributed by atoms with E-state index in [9.17, 15) is 13.2 Å². The van der Waals surface area contributed by atoms with Crippen molar-refractivity contribution < 1.29 is 22.7 Å². The van der Waals surface area contributed by atoms with Crippen LogP contribution < -0.4 is 9.47 Å². The third kappa shape index (κ3) is 6.21. The van der Waals surface area contributed by atoms with Crippen molar-refractivity contribution in [1.82, 2.24) is 4.90 Å². The molecule has 1 saturated heterocycles. The van der Waals surface area contributed by atoms with Crippen molar-refractivity contribution in [3.8, 4) is 11.5 Å². The van der Waals surface area contributed by atoms with E-state index in [0.29, 0.717) is 31.1 Å². The second-order valence-corrected chi connectivity index (χ2v) is 9.58. The summed E-state index contributed by atoms with van der Waals surface area (Å²) in [5, 5.41) is 0. The van der Waals surface area contributed by atoms with E-state index in [1.165, 1.54) is 6.08 Å². The van der Waals surface area contributed by atoms with Gasteiger partial charge in [0.25, 0.3) is 0 Å². The van der Waals surface area contributed by atoms with Crippen LogP contribution in [0.15, 0.2) is 67.3 Å². The fourth-order valence-electron chi connectivity index (χ4n) is 3.51. The standard InChI is InChI=1S/C24H27NO5S/c1-3-14-30-22-11-9-19(16-23(22)29-2)10-12-24(26)25(17-20-7-5-4-6-8-20)21-13-15-31(27,28)18-21/h3-12,16,21H,1,13-15,17-18H2,2H3. The van der Waals surface area contributed by atoms with E-state index in [2.05, 4.69) is 6.58 Å². The number of carbonyl (C=O) groups is 1. The van der Waals surface area contributed by atoms with Gasteiger partial charge in [-0.15, -0.1) is 0 Å². The van der Waals surface area contributed by atoms with Gasteiger partial charge >= 0.3 is 0 Å². The van der Waals surface area contributed by atoms with Gasteiger partial charge in [0.15, 0.2) is 21.3 Å². The van der Waals surface area contributed by atoms with Crippen molar-refractivity contribution in [2.24, 2.45) is 0 Å². The summed E-state index contributed by atoms with van der Waals surface area (Å²) in [6.07, 6.45) is 5.28. The second kappa shape index (κ2) is 10.3. The molecule has 2 aromatic rings. The Hall–Kier alpha value is -3.06. The smallest absolute Gasteiger partial charge is 0.247 e. The minimum Gasteiger partial charge on any atom is -0.493 e. The largest absolute Gasteiger partial charge is 0.493 e. The molecule has 1 unspecified atom stereocenters. The lowest BCUT2D eigenvalue weighted by Crippen LogP contribution is -2.39. The lowest BCUT2D eigenvalue weighted by Gasteiger charge is -2.27. The average Bonchev–Trinajstić information content (AvgIpc) is 3.14. The van der Waals surface area contributed by atoms with Crippen LogP contribution in [0, 0.1) is 0 Å². The van der Waals surface area contributed by atoms with Gasteiger partial charge in [-0.3, -0.25) is 4.79 Å². The second-order valence-electron chi connectivity index (χ2n) is 7.35. The molecule has 0 aliphatic carbocycles. The van der Waals surface area contributed by atoms with Crippen LogP contribution in [0.4, 0.5) is 0 Å². The number of hydrogen-bond donors (Lipinski definition) is 0. The number of methoxy groups -OCH3 is 1. The van der Waals surface area contributed by atoms with E-state index >= 15 is 0 Å². The molecule has 6 nitrogen and oxygen atoms in total. The molecule has 0 spiro atoms. The molecule has 2 aromatic carbocycles. The molecular weight excluding hydrogens is 414 g/mol. The number of benzene rings is 2. The van der Waals surface area contributed by atoms with Gasteiger partial charge in [0.2, 0.25) is 5.91 Å². The summed E-state index contributed by atoms with van der Waals surface area (Å²) in [5.74, 6) is 1.04. The number of amides is 1. The Morgan fingerprint density at radius 1 is 1.19 bits per heavy atom. The monoisotopic (exact) mass is 441 g/mol. The molecule has 0 radical (unpaired) electrons. The molecule has 1 amide bonds. The third-order valence-electron chi connectivity index (χ3n) is 5.09. The Kier molecular flexibility index (Phi) is 7.52. The van der Waals surface area contributed by atoms with Gasteiger partial charge in [-0.2, -0.15) is 0 Å². The lowest BCUT2D eigenvalue weighted by atomic mass is 10.1. The normalized spacial score (nSPS) is 17.4. The van der Waals surface area contributed by atoms with Crippen molar-refractivity contribution >= 4 is 21.8 Å². The Balaban J connectivity index is 1.79. The van der Waals surface area contributed by atoms with E-state index in [0.717, 1.165) is 11.1 Å². The number of carbonyl (C=O) groups excluding carboxylic acids is 1. The van der Waals surface area contributed by atoms with Crippen molar-refractivity contribution in [2.45, 2.75) is 19.0 Å². The molecule has 0 saturated carbocycles. The summed E-state index contributed by atoms with van der Waals surface area (Å²) >= 11 is 0. The number of hydrogen-bond acceptors (Lipinski definition) is 5. The van der Waals surface area contributed by atoms with Gasteiger partial charge in [0.05, 0.1) is 18.6 Å². The van der Waals surface area contributed by atoms with Gasteiger partial charge in [-0.05, 0) is 35.8 Å². The van der Waals surface area contributed by atoms with Crippen molar-refractivity contribution in [3.05, 3.63) is 78.4 Å².